The van der Waals surface area contributed by atoms with E-state index in [1.807, 2.05) is 45.0 Å². The molecule has 0 saturated carbocycles. The summed E-state index contributed by atoms with van der Waals surface area (Å²) in [5, 5.41) is 8.88. The maximum atomic E-state index is 8.88. The second-order valence-electron chi connectivity index (χ2n) is 3.37. The Morgan fingerprint density at radius 1 is 1.38 bits per heavy atom. The van der Waals surface area contributed by atoms with Gasteiger partial charge in [-0.3, -0.25) is 0 Å². The largest absolute Gasteiger partial charge is 0.192 e. The highest BCUT2D eigenvalue weighted by Crippen LogP contribution is 2.16. The molecule has 1 aromatic rings. The second-order valence-corrected chi connectivity index (χ2v) is 3.37. The molecule has 0 unspecified atom stereocenters. The van der Waals surface area contributed by atoms with Gasteiger partial charge in [0.25, 0.3) is 0 Å². The van der Waals surface area contributed by atoms with E-state index in [-0.39, 0.29) is 0 Å². The van der Waals surface area contributed by atoms with Crippen molar-refractivity contribution in [3.63, 3.8) is 0 Å². The fourth-order valence-electron chi connectivity index (χ4n) is 1.26. The molecule has 0 atom stereocenters. The van der Waals surface area contributed by atoms with Gasteiger partial charge in [-0.15, -0.1) is 0 Å². The zero-order valence-corrected chi connectivity index (χ0v) is 8.26. The summed E-state index contributed by atoms with van der Waals surface area (Å²) in [4.78, 5) is 0. The number of nitriles is 1. The Morgan fingerprint density at radius 3 is 2.62 bits per heavy atom. The van der Waals surface area contributed by atoms with Crippen molar-refractivity contribution in [2.75, 3.05) is 0 Å². The number of rotatable bonds is 1. The van der Waals surface area contributed by atoms with Crippen LogP contribution in [0.1, 0.15) is 30.5 Å². The van der Waals surface area contributed by atoms with Crippen LogP contribution in [0, 0.1) is 18.3 Å². The van der Waals surface area contributed by atoms with E-state index in [1.165, 1.54) is 5.57 Å². The highest BCUT2D eigenvalue weighted by molar-refractivity contribution is 5.62. The maximum Gasteiger partial charge on any atom is 0.0998 e. The molecule has 0 aromatic heterocycles. The molecule has 1 nitrogen and oxygen atoms in total. The third kappa shape index (κ3) is 2.19. The molecule has 0 saturated heterocycles. The lowest BCUT2D eigenvalue weighted by Gasteiger charge is -2.02. The normalized spacial score (nSPS) is 9.08. The fourth-order valence-corrected chi connectivity index (χ4v) is 1.26. The standard InChI is InChI=1S/C12H13N/c1-9(2)7-12-10(3)5-4-6-11(12)8-13/h4-7H,1-3H3. The molecule has 1 aromatic carbocycles. The molecule has 1 rings (SSSR count). The third-order valence-corrected chi connectivity index (χ3v) is 1.88. The summed E-state index contributed by atoms with van der Waals surface area (Å²) in [6.07, 6.45) is 2.05. The maximum absolute atomic E-state index is 8.88. The van der Waals surface area contributed by atoms with Crippen LogP contribution in [-0.2, 0) is 0 Å². The van der Waals surface area contributed by atoms with Crippen molar-refractivity contribution in [2.45, 2.75) is 20.8 Å². The average Bonchev–Trinajstić information content (AvgIpc) is 2.08. The van der Waals surface area contributed by atoms with Crippen LogP contribution in [0.2, 0.25) is 0 Å². The predicted molar refractivity (Wildman–Crippen MR) is 55.2 cm³/mol. The van der Waals surface area contributed by atoms with Crippen molar-refractivity contribution < 1.29 is 0 Å². The van der Waals surface area contributed by atoms with E-state index in [0.29, 0.717) is 0 Å². The van der Waals surface area contributed by atoms with E-state index in [9.17, 15) is 0 Å². The topological polar surface area (TPSA) is 23.8 Å². The van der Waals surface area contributed by atoms with Gasteiger partial charge in [-0.05, 0) is 38.0 Å². The number of hydrogen-bond donors (Lipinski definition) is 0. The van der Waals surface area contributed by atoms with Crippen molar-refractivity contribution >= 4 is 6.08 Å². The van der Waals surface area contributed by atoms with Crippen LogP contribution in [0.3, 0.4) is 0 Å². The lowest BCUT2D eigenvalue weighted by Crippen LogP contribution is -1.86. The summed E-state index contributed by atoms with van der Waals surface area (Å²) in [5.74, 6) is 0. The Labute approximate surface area is 79.3 Å². The lowest BCUT2D eigenvalue weighted by molar-refractivity contribution is 1.36. The minimum atomic E-state index is 0.751. The molecule has 0 bridgehead atoms. The number of benzene rings is 1. The Bertz CT molecular complexity index is 377. The highest BCUT2D eigenvalue weighted by atomic mass is 14.2. The van der Waals surface area contributed by atoms with Gasteiger partial charge in [0.15, 0.2) is 0 Å². The minimum absolute atomic E-state index is 0.751. The van der Waals surface area contributed by atoms with Gasteiger partial charge in [0.05, 0.1) is 11.6 Å². The second kappa shape index (κ2) is 3.91. The molecule has 1 heteroatoms. The first-order valence-electron chi connectivity index (χ1n) is 4.29. The highest BCUT2D eigenvalue weighted by Gasteiger charge is 2.00. The minimum Gasteiger partial charge on any atom is -0.192 e. The third-order valence-electron chi connectivity index (χ3n) is 1.88. The quantitative estimate of drug-likeness (QED) is 0.636. The van der Waals surface area contributed by atoms with E-state index in [0.717, 1.165) is 16.7 Å². The fraction of sp³-hybridized carbons (Fsp3) is 0.250. The first-order chi connectivity index (χ1) is 6.15. The average molecular weight is 171 g/mol. The van der Waals surface area contributed by atoms with E-state index < -0.39 is 0 Å². The molecule has 0 amide bonds. The van der Waals surface area contributed by atoms with Crippen molar-refractivity contribution in [1.29, 1.82) is 5.26 Å². The van der Waals surface area contributed by atoms with Gasteiger partial charge < -0.3 is 0 Å². The zero-order valence-electron chi connectivity index (χ0n) is 8.26. The number of aryl methyl sites for hydroxylation is 1. The summed E-state index contributed by atoms with van der Waals surface area (Å²) in [6, 6.07) is 7.98. The molecule has 0 spiro atoms. The van der Waals surface area contributed by atoms with Crippen molar-refractivity contribution in [3.8, 4) is 6.07 Å². The van der Waals surface area contributed by atoms with Gasteiger partial charge in [0.2, 0.25) is 0 Å². The summed E-state index contributed by atoms with van der Waals surface area (Å²) >= 11 is 0. The van der Waals surface area contributed by atoms with Gasteiger partial charge >= 0.3 is 0 Å². The van der Waals surface area contributed by atoms with Crippen LogP contribution in [0.15, 0.2) is 23.8 Å². The number of nitrogens with zero attached hydrogens (tertiary/aromatic N) is 1. The first kappa shape index (κ1) is 9.54. The molecule has 0 fully saturated rings. The monoisotopic (exact) mass is 171 g/mol. The molecule has 0 aliphatic heterocycles. The Balaban J connectivity index is 3.34. The van der Waals surface area contributed by atoms with Crippen LogP contribution >= 0.6 is 0 Å². The summed E-state index contributed by atoms with van der Waals surface area (Å²) in [7, 11) is 0. The molecule has 0 aliphatic carbocycles. The van der Waals surface area contributed by atoms with Crippen molar-refractivity contribution in [1.82, 2.24) is 0 Å². The first-order valence-corrected chi connectivity index (χ1v) is 4.29. The van der Waals surface area contributed by atoms with Crippen LogP contribution in [0.5, 0.6) is 0 Å². The summed E-state index contributed by atoms with van der Waals surface area (Å²) in [6.45, 7) is 6.09. The Morgan fingerprint density at radius 2 is 2.08 bits per heavy atom. The molecule has 0 heterocycles. The van der Waals surface area contributed by atoms with Gasteiger partial charge in [-0.1, -0.05) is 23.8 Å². The van der Waals surface area contributed by atoms with E-state index in [4.69, 9.17) is 5.26 Å². The number of allylic oxidation sites excluding steroid dienone is 1. The van der Waals surface area contributed by atoms with Crippen molar-refractivity contribution in [2.24, 2.45) is 0 Å². The Hall–Kier alpha value is -1.55. The summed E-state index contributed by atoms with van der Waals surface area (Å²) < 4.78 is 0. The van der Waals surface area contributed by atoms with Crippen molar-refractivity contribution in [3.05, 3.63) is 40.5 Å². The van der Waals surface area contributed by atoms with Gasteiger partial charge in [-0.25, -0.2) is 0 Å². The SMILES string of the molecule is CC(C)=Cc1c(C)cccc1C#N. The van der Waals surface area contributed by atoms with Gasteiger partial charge in [-0.2, -0.15) is 5.26 Å². The summed E-state index contributed by atoms with van der Waals surface area (Å²) in [5.41, 5.74) is 4.16. The van der Waals surface area contributed by atoms with Gasteiger partial charge in [0.1, 0.15) is 0 Å². The number of hydrogen-bond acceptors (Lipinski definition) is 1. The molecule has 13 heavy (non-hydrogen) atoms. The van der Waals surface area contributed by atoms with Crippen LogP contribution in [-0.4, -0.2) is 0 Å². The molecular formula is C12H13N. The Kier molecular flexibility index (Phi) is 2.87. The van der Waals surface area contributed by atoms with Crippen LogP contribution < -0.4 is 0 Å². The lowest BCUT2D eigenvalue weighted by atomic mass is 10.0. The molecule has 0 aliphatic rings. The van der Waals surface area contributed by atoms with Gasteiger partial charge in [0, 0.05) is 0 Å². The van der Waals surface area contributed by atoms with E-state index >= 15 is 0 Å². The predicted octanol–water partition coefficient (Wildman–Crippen LogP) is 3.29. The van der Waals surface area contributed by atoms with E-state index in [1.54, 1.807) is 0 Å². The molecule has 66 valence electrons. The molecular weight excluding hydrogens is 158 g/mol. The smallest absolute Gasteiger partial charge is 0.0998 e. The van der Waals surface area contributed by atoms with E-state index in [2.05, 4.69) is 6.07 Å². The van der Waals surface area contributed by atoms with Crippen LogP contribution in [0.4, 0.5) is 0 Å². The van der Waals surface area contributed by atoms with Crippen LogP contribution in [0.25, 0.3) is 6.08 Å². The molecule has 0 N–H and O–H groups in total. The zero-order chi connectivity index (χ0) is 9.84. The molecule has 0 radical (unpaired) electrons.